The van der Waals surface area contributed by atoms with Crippen LogP contribution in [0.2, 0.25) is 5.02 Å². The maximum atomic E-state index is 13.8. The molecule has 1 aliphatic rings. The molecule has 0 unspecified atom stereocenters. The summed E-state index contributed by atoms with van der Waals surface area (Å²) in [5.74, 6) is -0.349. The maximum Gasteiger partial charge on any atom is 0.237 e. The Morgan fingerprint density at radius 1 is 1.53 bits per heavy atom. The number of hydrogen-bond acceptors (Lipinski definition) is 2. The molecule has 0 aliphatic heterocycles. The third kappa shape index (κ3) is 3.67. The van der Waals surface area contributed by atoms with E-state index in [9.17, 15) is 9.18 Å². The van der Waals surface area contributed by atoms with Crippen LogP contribution in [-0.4, -0.2) is 29.9 Å². The van der Waals surface area contributed by atoms with E-state index < -0.39 is 0 Å². The molecule has 1 aromatic rings. The number of nitrogens with zero attached hydrogens (tertiary/aromatic N) is 1. The number of carbonyl (C=O) groups is 1. The number of benzene rings is 1. The molecule has 2 rings (SSSR count). The number of amides is 1. The van der Waals surface area contributed by atoms with Gasteiger partial charge < -0.3 is 10.2 Å². The fourth-order valence-corrected chi connectivity index (χ4v) is 2.22. The zero-order chi connectivity index (χ0) is 13.8. The van der Waals surface area contributed by atoms with E-state index in [-0.39, 0.29) is 24.3 Å². The minimum atomic E-state index is -0.352. The summed E-state index contributed by atoms with van der Waals surface area (Å²) in [5, 5.41) is 3.38. The molecule has 0 radical (unpaired) electrons. The minimum Gasteiger partial charge on any atom is -0.334 e. The standard InChI is InChI=1S/C14H18ClFN2O/c1-2-17-8-14(19)18(10-6-7-10)9-11-12(15)4-3-5-13(11)16/h3-5,10,17H,2,6-9H2,1H3. The van der Waals surface area contributed by atoms with Gasteiger partial charge in [0.05, 0.1) is 13.1 Å². The lowest BCUT2D eigenvalue weighted by atomic mass is 10.2. The van der Waals surface area contributed by atoms with Gasteiger partial charge in [-0.25, -0.2) is 4.39 Å². The number of halogens is 2. The Labute approximate surface area is 117 Å². The van der Waals surface area contributed by atoms with Gasteiger partial charge >= 0.3 is 0 Å². The van der Waals surface area contributed by atoms with Gasteiger partial charge in [-0.3, -0.25) is 4.79 Å². The lowest BCUT2D eigenvalue weighted by Crippen LogP contribution is -2.39. The molecular weight excluding hydrogens is 267 g/mol. The Balaban J connectivity index is 2.10. The van der Waals surface area contributed by atoms with Gasteiger partial charge in [0.1, 0.15) is 5.82 Å². The van der Waals surface area contributed by atoms with E-state index in [1.807, 2.05) is 6.92 Å². The highest BCUT2D eigenvalue weighted by atomic mass is 35.5. The molecular formula is C14H18ClFN2O. The predicted octanol–water partition coefficient (Wildman–Crippen LogP) is 2.58. The first-order valence-electron chi connectivity index (χ1n) is 6.56. The smallest absolute Gasteiger partial charge is 0.237 e. The Hall–Kier alpha value is -1.13. The summed E-state index contributed by atoms with van der Waals surface area (Å²) in [6.07, 6.45) is 1.98. The molecule has 1 saturated carbocycles. The summed E-state index contributed by atoms with van der Waals surface area (Å²) in [6, 6.07) is 4.84. The average Bonchev–Trinajstić information content (AvgIpc) is 3.20. The van der Waals surface area contributed by atoms with E-state index >= 15 is 0 Å². The van der Waals surface area contributed by atoms with Crippen LogP contribution in [0.1, 0.15) is 25.3 Å². The number of hydrogen-bond donors (Lipinski definition) is 1. The number of nitrogens with one attached hydrogen (secondary N) is 1. The minimum absolute atomic E-state index is 0.00340. The van der Waals surface area contributed by atoms with Crippen molar-refractivity contribution in [3.05, 3.63) is 34.6 Å². The van der Waals surface area contributed by atoms with Crippen LogP contribution in [0.5, 0.6) is 0 Å². The predicted molar refractivity (Wildman–Crippen MR) is 73.5 cm³/mol. The van der Waals surface area contributed by atoms with Gasteiger partial charge in [0.2, 0.25) is 5.91 Å². The largest absolute Gasteiger partial charge is 0.334 e. The highest BCUT2D eigenvalue weighted by Crippen LogP contribution is 2.30. The molecule has 0 spiro atoms. The summed E-state index contributed by atoms with van der Waals surface area (Å²) in [6.45, 7) is 3.23. The van der Waals surface area contributed by atoms with Crippen molar-refractivity contribution in [1.82, 2.24) is 10.2 Å². The van der Waals surface area contributed by atoms with Gasteiger partial charge in [-0.1, -0.05) is 24.6 Å². The molecule has 0 bridgehead atoms. The molecule has 104 valence electrons. The number of carbonyl (C=O) groups excluding carboxylic acids is 1. The second kappa shape index (κ2) is 6.35. The van der Waals surface area contributed by atoms with Crippen molar-refractivity contribution in [3.8, 4) is 0 Å². The van der Waals surface area contributed by atoms with Crippen molar-refractivity contribution >= 4 is 17.5 Å². The van der Waals surface area contributed by atoms with Crippen molar-refractivity contribution in [1.29, 1.82) is 0 Å². The van der Waals surface area contributed by atoms with Gasteiger partial charge in [0.15, 0.2) is 0 Å². The van der Waals surface area contributed by atoms with Gasteiger partial charge in [0, 0.05) is 16.6 Å². The molecule has 0 atom stereocenters. The van der Waals surface area contributed by atoms with E-state index in [0.717, 1.165) is 19.4 Å². The summed E-state index contributed by atoms with van der Waals surface area (Å²) < 4.78 is 13.8. The molecule has 1 N–H and O–H groups in total. The number of rotatable bonds is 6. The molecule has 0 aromatic heterocycles. The van der Waals surface area contributed by atoms with E-state index in [4.69, 9.17) is 11.6 Å². The highest BCUT2D eigenvalue weighted by Gasteiger charge is 2.33. The molecule has 0 saturated heterocycles. The molecule has 1 aromatic carbocycles. The van der Waals surface area contributed by atoms with Gasteiger partial charge in [-0.05, 0) is 31.5 Å². The van der Waals surface area contributed by atoms with E-state index in [1.165, 1.54) is 6.07 Å². The zero-order valence-corrected chi connectivity index (χ0v) is 11.7. The van der Waals surface area contributed by atoms with E-state index in [0.29, 0.717) is 17.1 Å². The zero-order valence-electron chi connectivity index (χ0n) is 11.0. The van der Waals surface area contributed by atoms with Crippen LogP contribution in [0.4, 0.5) is 4.39 Å². The highest BCUT2D eigenvalue weighted by molar-refractivity contribution is 6.31. The molecule has 1 fully saturated rings. The third-order valence-electron chi connectivity index (χ3n) is 3.22. The van der Waals surface area contributed by atoms with Gasteiger partial charge in [-0.15, -0.1) is 0 Å². The molecule has 19 heavy (non-hydrogen) atoms. The van der Waals surface area contributed by atoms with Crippen molar-refractivity contribution in [3.63, 3.8) is 0 Å². The Morgan fingerprint density at radius 3 is 2.84 bits per heavy atom. The Morgan fingerprint density at radius 2 is 2.26 bits per heavy atom. The summed E-state index contributed by atoms with van der Waals surface area (Å²) >= 11 is 6.01. The molecule has 1 amide bonds. The van der Waals surface area contributed by atoms with E-state index in [1.54, 1.807) is 17.0 Å². The SMILES string of the molecule is CCNCC(=O)N(Cc1c(F)cccc1Cl)C1CC1. The molecule has 3 nitrogen and oxygen atoms in total. The lowest BCUT2D eigenvalue weighted by molar-refractivity contribution is -0.131. The van der Waals surface area contributed by atoms with Gasteiger partial charge in [-0.2, -0.15) is 0 Å². The van der Waals surface area contributed by atoms with Crippen LogP contribution in [0, 0.1) is 5.82 Å². The van der Waals surface area contributed by atoms with Crippen molar-refractivity contribution in [2.45, 2.75) is 32.4 Å². The first-order valence-corrected chi connectivity index (χ1v) is 6.94. The fraction of sp³-hybridized carbons (Fsp3) is 0.500. The summed E-state index contributed by atoms with van der Waals surface area (Å²) in [4.78, 5) is 13.8. The second-order valence-electron chi connectivity index (χ2n) is 4.73. The van der Waals surface area contributed by atoms with Crippen LogP contribution in [0.25, 0.3) is 0 Å². The fourth-order valence-electron chi connectivity index (χ4n) is 1.99. The average molecular weight is 285 g/mol. The maximum absolute atomic E-state index is 13.8. The van der Waals surface area contributed by atoms with Crippen LogP contribution in [-0.2, 0) is 11.3 Å². The monoisotopic (exact) mass is 284 g/mol. The van der Waals surface area contributed by atoms with Gasteiger partial charge in [0.25, 0.3) is 0 Å². The first-order chi connectivity index (χ1) is 9.13. The number of likely N-dealkylation sites (N-methyl/N-ethyl adjacent to an activating group) is 1. The summed E-state index contributed by atoms with van der Waals surface area (Å²) in [7, 11) is 0. The van der Waals surface area contributed by atoms with Crippen molar-refractivity contribution in [2.24, 2.45) is 0 Å². The van der Waals surface area contributed by atoms with E-state index in [2.05, 4.69) is 5.32 Å². The summed E-state index contributed by atoms with van der Waals surface area (Å²) in [5.41, 5.74) is 0.404. The van der Waals surface area contributed by atoms with Crippen molar-refractivity contribution in [2.75, 3.05) is 13.1 Å². The lowest BCUT2D eigenvalue weighted by Gasteiger charge is -2.23. The quantitative estimate of drug-likeness (QED) is 0.871. The molecule has 5 heteroatoms. The normalized spacial score (nSPS) is 14.5. The first kappa shape index (κ1) is 14.3. The Kier molecular flexibility index (Phi) is 4.77. The van der Waals surface area contributed by atoms with Crippen LogP contribution >= 0.6 is 11.6 Å². The molecule has 0 heterocycles. The van der Waals surface area contributed by atoms with Crippen LogP contribution < -0.4 is 5.32 Å². The van der Waals surface area contributed by atoms with Crippen molar-refractivity contribution < 1.29 is 9.18 Å². The molecule has 1 aliphatic carbocycles. The second-order valence-corrected chi connectivity index (χ2v) is 5.14. The van der Waals surface area contributed by atoms with Crippen LogP contribution in [0.3, 0.4) is 0 Å². The topological polar surface area (TPSA) is 32.3 Å². The third-order valence-corrected chi connectivity index (χ3v) is 3.58. The van der Waals surface area contributed by atoms with Crippen LogP contribution in [0.15, 0.2) is 18.2 Å². The Bertz CT molecular complexity index is 443.